The fourth-order valence-electron chi connectivity index (χ4n) is 1.89. The zero-order valence-corrected chi connectivity index (χ0v) is 9.17. The fourth-order valence-corrected chi connectivity index (χ4v) is 1.89. The van der Waals surface area contributed by atoms with Crippen molar-refractivity contribution in [3.8, 4) is 0 Å². The minimum absolute atomic E-state index is 0.00852. The third-order valence-electron chi connectivity index (χ3n) is 2.73. The average Bonchev–Trinajstić information content (AvgIpc) is 2.77. The molecule has 1 aromatic rings. The second-order valence-electron chi connectivity index (χ2n) is 4.05. The molecule has 0 aliphatic carbocycles. The number of nitrogens with two attached hydrogens (primary N) is 1. The van der Waals surface area contributed by atoms with E-state index in [2.05, 4.69) is 0 Å². The van der Waals surface area contributed by atoms with E-state index in [1.54, 1.807) is 4.90 Å². The molecule has 1 aliphatic heterocycles. The highest BCUT2D eigenvalue weighted by molar-refractivity contribution is 5.91. The van der Waals surface area contributed by atoms with Crippen LogP contribution in [0.15, 0.2) is 16.5 Å². The number of carbonyl (C=O) groups is 1. The van der Waals surface area contributed by atoms with Gasteiger partial charge in [0, 0.05) is 19.1 Å². The van der Waals surface area contributed by atoms with Crippen molar-refractivity contribution in [2.24, 2.45) is 5.73 Å². The van der Waals surface area contributed by atoms with Gasteiger partial charge in [-0.05, 0) is 18.9 Å². The van der Waals surface area contributed by atoms with Gasteiger partial charge >= 0.3 is 5.88 Å². The summed E-state index contributed by atoms with van der Waals surface area (Å²) >= 11 is 0. The summed E-state index contributed by atoms with van der Waals surface area (Å²) in [6.45, 7) is 1.08. The zero-order chi connectivity index (χ0) is 12.4. The summed E-state index contributed by atoms with van der Waals surface area (Å²) in [6.07, 6.45) is 1.73. The molecule has 92 valence electrons. The number of hydrogen-bond acceptors (Lipinski definition) is 5. The Morgan fingerprint density at radius 2 is 2.35 bits per heavy atom. The number of piperidine rings is 1. The monoisotopic (exact) mass is 239 g/mol. The first-order valence-corrected chi connectivity index (χ1v) is 5.37. The molecule has 1 fully saturated rings. The van der Waals surface area contributed by atoms with Crippen molar-refractivity contribution in [1.29, 1.82) is 0 Å². The van der Waals surface area contributed by atoms with Crippen molar-refractivity contribution in [2.45, 2.75) is 18.9 Å². The lowest BCUT2D eigenvalue weighted by Crippen LogP contribution is -2.45. The number of nitro groups is 1. The van der Waals surface area contributed by atoms with E-state index in [9.17, 15) is 14.9 Å². The second-order valence-corrected chi connectivity index (χ2v) is 4.05. The Labute approximate surface area is 97.3 Å². The normalized spacial score (nSPS) is 20.3. The SMILES string of the molecule is N[C@@H]1CCCN(C(=O)c2ccc([N+](=O)[O-])o2)C1. The number of carbonyl (C=O) groups excluding carboxylic acids is 1. The molecule has 1 atom stereocenters. The van der Waals surface area contributed by atoms with Gasteiger partial charge in [0.05, 0.1) is 6.07 Å². The van der Waals surface area contributed by atoms with Gasteiger partial charge in [-0.1, -0.05) is 0 Å². The quantitative estimate of drug-likeness (QED) is 0.606. The van der Waals surface area contributed by atoms with Crippen LogP contribution in [0, 0.1) is 10.1 Å². The van der Waals surface area contributed by atoms with E-state index < -0.39 is 10.8 Å². The third kappa shape index (κ3) is 2.44. The van der Waals surface area contributed by atoms with Crippen LogP contribution in [0.4, 0.5) is 5.88 Å². The molecule has 7 nitrogen and oxygen atoms in total. The third-order valence-corrected chi connectivity index (χ3v) is 2.73. The molecule has 1 saturated heterocycles. The van der Waals surface area contributed by atoms with Gasteiger partial charge in [-0.2, -0.15) is 0 Å². The van der Waals surface area contributed by atoms with Crippen molar-refractivity contribution in [3.05, 3.63) is 28.0 Å². The van der Waals surface area contributed by atoms with E-state index in [4.69, 9.17) is 10.2 Å². The summed E-state index contributed by atoms with van der Waals surface area (Å²) < 4.78 is 4.86. The first kappa shape index (κ1) is 11.6. The maximum atomic E-state index is 11.9. The Balaban J connectivity index is 2.10. The topological polar surface area (TPSA) is 103 Å². The molecule has 2 N–H and O–H groups in total. The minimum atomic E-state index is -0.668. The smallest absolute Gasteiger partial charge is 0.395 e. The lowest BCUT2D eigenvalue weighted by Gasteiger charge is -2.29. The van der Waals surface area contributed by atoms with Gasteiger partial charge in [-0.25, -0.2) is 0 Å². The van der Waals surface area contributed by atoms with Crippen molar-refractivity contribution in [2.75, 3.05) is 13.1 Å². The lowest BCUT2D eigenvalue weighted by molar-refractivity contribution is -0.402. The summed E-state index contributed by atoms with van der Waals surface area (Å²) in [4.78, 5) is 23.3. The van der Waals surface area contributed by atoms with Crippen LogP contribution < -0.4 is 5.73 Å². The number of hydrogen-bond donors (Lipinski definition) is 1. The van der Waals surface area contributed by atoms with Gasteiger partial charge < -0.3 is 15.1 Å². The van der Waals surface area contributed by atoms with Crippen LogP contribution >= 0.6 is 0 Å². The van der Waals surface area contributed by atoms with E-state index in [-0.39, 0.29) is 17.7 Å². The number of likely N-dealkylation sites (tertiary alicyclic amines) is 1. The molecule has 1 aliphatic rings. The Morgan fingerprint density at radius 1 is 1.59 bits per heavy atom. The highest BCUT2D eigenvalue weighted by Crippen LogP contribution is 2.19. The van der Waals surface area contributed by atoms with Crippen molar-refractivity contribution in [3.63, 3.8) is 0 Å². The van der Waals surface area contributed by atoms with Crippen LogP contribution in [-0.2, 0) is 0 Å². The Morgan fingerprint density at radius 3 is 2.94 bits per heavy atom. The van der Waals surface area contributed by atoms with Crippen LogP contribution in [0.2, 0.25) is 0 Å². The first-order chi connectivity index (χ1) is 8.08. The molecule has 2 rings (SSSR count). The number of nitrogens with zero attached hydrogens (tertiary/aromatic N) is 2. The van der Waals surface area contributed by atoms with Gasteiger partial charge in [0.1, 0.15) is 4.92 Å². The van der Waals surface area contributed by atoms with Crippen LogP contribution in [-0.4, -0.2) is 34.9 Å². The number of furan rings is 1. The second kappa shape index (κ2) is 4.54. The molecule has 0 spiro atoms. The van der Waals surface area contributed by atoms with Crippen molar-refractivity contribution in [1.82, 2.24) is 4.90 Å². The molecular formula is C10H13N3O4. The lowest BCUT2D eigenvalue weighted by atomic mass is 10.1. The molecule has 0 unspecified atom stereocenters. The molecule has 0 aromatic carbocycles. The number of amides is 1. The largest absolute Gasteiger partial charge is 0.433 e. The van der Waals surface area contributed by atoms with Gasteiger partial charge in [-0.3, -0.25) is 14.9 Å². The number of rotatable bonds is 2. The molecule has 2 heterocycles. The molecule has 7 heteroatoms. The molecule has 1 aromatic heterocycles. The van der Waals surface area contributed by atoms with Crippen LogP contribution in [0.25, 0.3) is 0 Å². The average molecular weight is 239 g/mol. The summed E-state index contributed by atoms with van der Waals surface area (Å²) in [5.41, 5.74) is 5.76. The fraction of sp³-hybridized carbons (Fsp3) is 0.500. The van der Waals surface area contributed by atoms with E-state index >= 15 is 0 Å². The summed E-state index contributed by atoms with van der Waals surface area (Å²) in [6, 6.07) is 2.47. The highest BCUT2D eigenvalue weighted by Gasteiger charge is 2.26. The van der Waals surface area contributed by atoms with Gasteiger partial charge in [-0.15, -0.1) is 0 Å². The summed E-state index contributed by atoms with van der Waals surface area (Å²) in [5.74, 6) is -0.770. The maximum absolute atomic E-state index is 11.9. The Hall–Kier alpha value is -1.89. The van der Waals surface area contributed by atoms with Gasteiger partial charge in [0.25, 0.3) is 5.91 Å². The highest BCUT2D eigenvalue weighted by atomic mass is 16.6. The van der Waals surface area contributed by atoms with Crippen molar-refractivity contribution < 1.29 is 14.1 Å². The Kier molecular flexibility index (Phi) is 3.10. The van der Waals surface area contributed by atoms with E-state index in [1.165, 1.54) is 12.1 Å². The molecule has 0 radical (unpaired) electrons. The predicted octanol–water partition coefficient (Wildman–Crippen LogP) is 0.751. The van der Waals surface area contributed by atoms with Crippen LogP contribution in [0.3, 0.4) is 0 Å². The molecule has 1 amide bonds. The zero-order valence-electron chi connectivity index (χ0n) is 9.17. The van der Waals surface area contributed by atoms with E-state index in [1.807, 2.05) is 0 Å². The Bertz CT molecular complexity index is 443. The van der Waals surface area contributed by atoms with Crippen LogP contribution in [0.1, 0.15) is 23.4 Å². The van der Waals surface area contributed by atoms with E-state index in [0.29, 0.717) is 13.1 Å². The molecule has 0 bridgehead atoms. The summed E-state index contributed by atoms with van der Waals surface area (Å²) in [7, 11) is 0. The predicted molar refractivity (Wildman–Crippen MR) is 58.5 cm³/mol. The van der Waals surface area contributed by atoms with Crippen molar-refractivity contribution >= 4 is 11.8 Å². The van der Waals surface area contributed by atoms with Crippen LogP contribution in [0.5, 0.6) is 0 Å². The van der Waals surface area contributed by atoms with Gasteiger partial charge in [0.2, 0.25) is 0 Å². The minimum Gasteiger partial charge on any atom is -0.395 e. The summed E-state index contributed by atoms with van der Waals surface area (Å²) in [5, 5.41) is 10.4. The molecule has 0 saturated carbocycles. The standard InChI is InChI=1S/C10H13N3O4/c11-7-2-1-5-12(6-7)10(14)8-3-4-9(17-8)13(15)16/h3-4,7H,1-2,5-6,11H2/t7-/m1/s1. The molecular weight excluding hydrogens is 226 g/mol. The maximum Gasteiger partial charge on any atom is 0.433 e. The molecule has 17 heavy (non-hydrogen) atoms. The van der Waals surface area contributed by atoms with E-state index in [0.717, 1.165) is 12.8 Å². The van der Waals surface area contributed by atoms with Gasteiger partial charge in [0.15, 0.2) is 5.76 Å². The first-order valence-electron chi connectivity index (χ1n) is 5.37.